The molecule has 0 aliphatic carbocycles. The highest BCUT2D eigenvalue weighted by atomic mass is 16.5. The lowest BCUT2D eigenvalue weighted by Gasteiger charge is -2.11. The van der Waals surface area contributed by atoms with Gasteiger partial charge < -0.3 is 14.6 Å². The molecule has 8 heteroatoms. The first-order chi connectivity index (χ1) is 15.0. The Bertz CT molecular complexity index is 1140. The molecule has 3 heterocycles. The minimum Gasteiger partial charge on any atom is -0.497 e. The fraction of sp³-hybridized carbons (Fsp3) is 0.435. The van der Waals surface area contributed by atoms with Crippen LogP contribution in [0.4, 0.5) is 0 Å². The number of ether oxygens (including phenoxy) is 1. The summed E-state index contributed by atoms with van der Waals surface area (Å²) in [5.74, 6) is 1.57. The first-order valence-corrected chi connectivity index (χ1v) is 10.8. The van der Waals surface area contributed by atoms with Crippen molar-refractivity contribution < 1.29 is 9.53 Å². The number of aryl methyl sites for hydroxylation is 3. The number of carbonyl (C=O) groups is 1. The maximum atomic E-state index is 12.8. The molecule has 0 saturated carbocycles. The zero-order valence-electron chi connectivity index (χ0n) is 18.4. The Morgan fingerprint density at radius 2 is 1.97 bits per heavy atom. The number of rotatable bonds is 7. The summed E-state index contributed by atoms with van der Waals surface area (Å²) in [6.45, 7) is 5.68. The van der Waals surface area contributed by atoms with Crippen molar-refractivity contribution in [3.05, 3.63) is 63.6 Å². The van der Waals surface area contributed by atoms with E-state index in [4.69, 9.17) is 4.74 Å². The summed E-state index contributed by atoms with van der Waals surface area (Å²) in [6, 6.07) is 9.67. The van der Waals surface area contributed by atoms with E-state index < -0.39 is 0 Å². The van der Waals surface area contributed by atoms with Gasteiger partial charge in [0.15, 0.2) is 0 Å². The average molecular weight is 424 g/mol. The maximum absolute atomic E-state index is 12.8. The molecule has 164 valence electrons. The predicted molar refractivity (Wildman–Crippen MR) is 118 cm³/mol. The van der Waals surface area contributed by atoms with Crippen LogP contribution in [-0.2, 0) is 19.5 Å². The topological polar surface area (TPSA) is 83.1 Å². The van der Waals surface area contributed by atoms with E-state index in [1.54, 1.807) is 11.7 Å². The highest BCUT2D eigenvalue weighted by Gasteiger charge is 2.18. The smallest absolute Gasteiger partial charge is 0.345 e. The molecular weight excluding hydrogens is 394 g/mol. The number of benzene rings is 1. The van der Waals surface area contributed by atoms with Gasteiger partial charge in [0.25, 0.3) is 5.91 Å². The van der Waals surface area contributed by atoms with Gasteiger partial charge in [-0.2, -0.15) is 5.10 Å². The van der Waals surface area contributed by atoms with Gasteiger partial charge >= 0.3 is 5.69 Å². The van der Waals surface area contributed by atoms with Gasteiger partial charge in [-0.15, -0.1) is 0 Å². The van der Waals surface area contributed by atoms with Crippen molar-refractivity contribution in [2.75, 3.05) is 13.7 Å². The van der Waals surface area contributed by atoms with E-state index in [0.29, 0.717) is 25.1 Å². The average Bonchev–Trinajstić information content (AvgIpc) is 3.27. The second-order valence-electron chi connectivity index (χ2n) is 7.96. The second-order valence-corrected chi connectivity index (χ2v) is 7.96. The van der Waals surface area contributed by atoms with Crippen molar-refractivity contribution in [1.29, 1.82) is 0 Å². The molecule has 31 heavy (non-hydrogen) atoms. The van der Waals surface area contributed by atoms with E-state index in [0.717, 1.165) is 54.5 Å². The van der Waals surface area contributed by atoms with Crippen molar-refractivity contribution >= 4 is 5.91 Å². The molecule has 2 aromatic heterocycles. The molecule has 8 nitrogen and oxygen atoms in total. The van der Waals surface area contributed by atoms with E-state index in [1.165, 1.54) is 4.68 Å². The number of nitrogens with one attached hydrogen (secondary N) is 1. The fourth-order valence-electron chi connectivity index (χ4n) is 4.24. The van der Waals surface area contributed by atoms with Gasteiger partial charge in [0.1, 0.15) is 11.6 Å². The number of carbonyl (C=O) groups excluding carboxylic acids is 1. The molecule has 0 unspecified atom stereocenters. The summed E-state index contributed by atoms with van der Waals surface area (Å²) in [7, 11) is 1.64. The maximum Gasteiger partial charge on any atom is 0.345 e. The number of nitrogens with zero attached hydrogens (tertiary/aromatic N) is 4. The van der Waals surface area contributed by atoms with Crippen LogP contribution in [0, 0.1) is 13.8 Å². The first kappa shape index (κ1) is 21.0. The van der Waals surface area contributed by atoms with Gasteiger partial charge in [-0.3, -0.25) is 9.36 Å². The molecule has 1 aliphatic rings. The van der Waals surface area contributed by atoms with Gasteiger partial charge in [-0.05, 0) is 63.4 Å². The van der Waals surface area contributed by atoms with Crippen molar-refractivity contribution in [1.82, 2.24) is 24.2 Å². The summed E-state index contributed by atoms with van der Waals surface area (Å²) in [6.07, 6.45) is 3.63. The molecule has 1 N–H and O–H groups in total. The van der Waals surface area contributed by atoms with Crippen LogP contribution in [-0.4, -0.2) is 38.5 Å². The minimum atomic E-state index is -0.107. The third-order valence-electron chi connectivity index (χ3n) is 5.87. The highest BCUT2D eigenvalue weighted by Crippen LogP contribution is 2.22. The van der Waals surface area contributed by atoms with Crippen molar-refractivity contribution in [3.8, 4) is 11.4 Å². The number of hydrogen-bond donors (Lipinski definition) is 1. The predicted octanol–water partition coefficient (Wildman–Crippen LogP) is 2.62. The normalized spacial score (nSPS) is 13.1. The molecule has 0 saturated heterocycles. The molecule has 0 spiro atoms. The molecule has 0 fully saturated rings. The molecule has 1 aromatic carbocycles. The monoisotopic (exact) mass is 423 g/mol. The number of aromatic nitrogens is 4. The molecule has 0 radical (unpaired) electrons. The van der Waals surface area contributed by atoms with E-state index in [2.05, 4.69) is 15.0 Å². The molecule has 3 aromatic rings. The number of methoxy groups -OCH3 is 1. The third-order valence-corrected chi connectivity index (χ3v) is 5.87. The SMILES string of the molecule is COc1ccc(-n2c(C)cc(C(=O)NCCCn3nc4n(c3=O)CCCC4)c2C)cc1. The van der Waals surface area contributed by atoms with Crippen molar-refractivity contribution in [3.63, 3.8) is 0 Å². The Labute approximate surface area is 181 Å². The van der Waals surface area contributed by atoms with Crippen LogP contribution in [0.25, 0.3) is 5.69 Å². The van der Waals surface area contributed by atoms with E-state index in [-0.39, 0.29) is 11.6 Å². The van der Waals surface area contributed by atoms with Crippen LogP contribution in [0.2, 0.25) is 0 Å². The lowest BCUT2D eigenvalue weighted by Crippen LogP contribution is -2.29. The number of hydrogen-bond acceptors (Lipinski definition) is 4. The van der Waals surface area contributed by atoms with Gasteiger partial charge in [0.2, 0.25) is 0 Å². The van der Waals surface area contributed by atoms with Gasteiger partial charge in [-0.1, -0.05) is 0 Å². The Balaban J connectivity index is 1.38. The van der Waals surface area contributed by atoms with E-state index >= 15 is 0 Å². The molecule has 1 aliphatic heterocycles. The van der Waals surface area contributed by atoms with Crippen LogP contribution in [0.1, 0.15) is 46.8 Å². The van der Waals surface area contributed by atoms with Gasteiger partial charge in [-0.25, -0.2) is 9.48 Å². The first-order valence-electron chi connectivity index (χ1n) is 10.8. The van der Waals surface area contributed by atoms with E-state index in [1.807, 2.05) is 44.2 Å². The van der Waals surface area contributed by atoms with Crippen LogP contribution < -0.4 is 15.7 Å². The summed E-state index contributed by atoms with van der Waals surface area (Å²) in [5.41, 5.74) is 3.48. The lowest BCUT2D eigenvalue weighted by molar-refractivity contribution is 0.0952. The van der Waals surface area contributed by atoms with E-state index in [9.17, 15) is 9.59 Å². The van der Waals surface area contributed by atoms with Crippen LogP contribution in [0.5, 0.6) is 5.75 Å². The molecule has 4 rings (SSSR count). The Morgan fingerprint density at radius 1 is 1.19 bits per heavy atom. The zero-order valence-corrected chi connectivity index (χ0v) is 18.4. The largest absolute Gasteiger partial charge is 0.497 e. The van der Waals surface area contributed by atoms with Gasteiger partial charge in [0.05, 0.1) is 12.7 Å². The lowest BCUT2D eigenvalue weighted by atomic mass is 10.2. The summed E-state index contributed by atoms with van der Waals surface area (Å²) >= 11 is 0. The van der Waals surface area contributed by atoms with Crippen LogP contribution in [0.3, 0.4) is 0 Å². The summed E-state index contributed by atoms with van der Waals surface area (Å²) in [4.78, 5) is 25.2. The number of fused-ring (bicyclic) bond motifs is 1. The van der Waals surface area contributed by atoms with Gasteiger partial charge in [0, 0.05) is 43.1 Å². The Hall–Kier alpha value is -3.29. The molecule has 0 atom stereocenters. The Kier molecular flexibility index (Phi) is 5.97. The summed E-state index contributed by atoms with van der Waals surface area (Å²) < 4.78 is 10.6. The third kappa shape index (κ3) is 4.15. The fourth-order valence-corrected chi connectivity index (χ4v) is 4.24. The van der Waals surface area contributed by atoms with Crippen LogP contribution in [0.15, 0.2) is 35.1 Å². The molecular formula is C23H29N5O3. The van der Waals surface area contributed by atoms with Crippen molar-refractivity contribution in [2.24, 2.45) is 0 Å². The molecule has 1 amide bonds. The molecule has 0 bridgehead atoms. The minimum absolute atomic E-state index is 0.0379. The Morgan fingerprint density at radius 3 is 2.68 bits per heavy atom. The quantitative estimate of drug-likeness (QED) is 0.592. The standard InChI is InChI=1S/C23H29N5O3/c1-16-15-20(17(2)28(16)18-8-10-19(31-3)11-9-18)22(29)24-12-6-14-27-23(30)26-13-5-4-7-21(26)25-27/h8-11,15H,4-7,12-14H2,1-3H3,(H,24,29). The highest BCUT2D eigenvalue weighted by molar-refractivity contribution is 5.95. The number of amides is 1. The van der Waals surface area contributed by atoms with Crippen LogP contribution >= 0.6 is 0 Å². The second kappa shape index (κ2) is 8.83. The summed E-state index contributed by atoms with van der Waals surface area (Å²) in [5, 5.41) is 7.42. The van der Waals surface area contributed by atoms with Crippen molar-refractivity contribution in [2.45, 2.75) is 52.6 Å². The zero-order chi connectivity index (χ0) is 22.0.